The van der Waals surface area contributed by atoms with E-state index in [2.05, 4.69) is 25.6 Å². The fourth-order valence-electron chi connectivity index (χ4n) is 2.60. The molecule has 3 rings (SSSR count). The Balaban J connectivity index is 1.47. The van der Waals surface area contributed by atoms with Crippen LogP contribution < -0.4 is 15.5 Å². The summed E-state index contributed by atoms with van der Waals surface area (Å²) in [5, 5.41) is 18.0. The number of rotatable bonds is 5. The summed E-state index contributed by atoms with van der Waals surface area (Å²) in [5.74, 6) is 0.991. The molecule has 0 spiro atoms. The molecule has 0 aromatic carbocycles. The average Bonchev–Trinajstić information content (AvgIpc) is 3.26. The number of hydrogen-bond donors (Lipinski definition) is 2. The van der Waals surface area contributed by atoms with Crippen LogP contribution in [0.2, 0.25) is 0 Å². The largest absolute Gasteiger partial charge is 0.357 e. The third kappa shape index (κ3) is 4.01. The third-order valence-electron chi connectivity index (χ3n) is 3.82. The molecule has 2 N–H and O–H groups in total. The molecule has 24 heavy (non-hydrogen) atoms. The van der Waals surface area contributed by atoms with E-state index >= 15 is 0 Å². The second-order valence-corrected chi connectivity index (χ2v) is 5.61. The Bertz CT molecular complexity index is 726. The van der Waals surface area contributed by atoms with Gasteiger partial charge in [0.1, 0.15) is 12.4 Å². The summed E-state index contributed by atoms with van der Waals surface area (Å²) >= 11 is 0. The molecule has 2 amide bonds. The van der Waals surface area contributed by atoms with E-state index in [4.69, 9.17) is 5.26 Å². The first-order valence-electron chi connectivity index (χ1n) is 7.89. The van der Waals surface area contributed by atoms with Crippen LogP contribution in [0.5, 0.6) is 0 Å². The molecule has 3 heterocycles. The Hall–Kier alpha value is -3.08. The number of nitrogens with one attached hydrogen (secondary N) is 2. The monoisotopic (exact) mass is 325 g/mol. The molecule has 1 saturated heterocycles. The molecule has 2 aromatic heterocycles. The van der Waals surface area contributed by atoms with E-state index in [1.165, 1.54) is 23.7 Å². The van der Waals surface area contributed by atoms with Crippen LogP contribution in [0, 0.1) is 11.3 Å². The highest BCUT2D eigenvalue weighted by molar-refractivity contribution is 5.88. The smallest absolute Gasteiger partial charge is 0.319 e. The maximum Gasteiger partial charge on any atom is 0.319 e. The van der Waals surface area contributed by atoms with Crippen LogP contribution in [0.25, 0.3) is 0 Å². The van der Waals surface area contributed by atoms with E-state index < -0.39 is 0 Å². The molecule has 0 unspecified atom stereocenters. The topological polar surface area (TPSA) is 98.9 Å². The lowest BCUT2D eigenvalue weighted by Crippen LogP contribution is -2.28. The van der Waals surface area contributed by atoms with Crippen molar-refractivity contribution >= 4 is 17.5 Å². The molecular formula is C16H19N7O. The van der Waals surface area contributed by atoms with Crippen LogP contribution in [-0.2, 0) is 13.1 Å². The average molecular weight is 325 g/mol. The van der Waals surface area contributed by atoms with Gasteiger partial charge in [0, 0.05) is 32.0 Å². The Morgan fingerprint density at radius 3 is 2.83 bits per heavy atom. The van der Waals surface area contributed by atoms with Crippen LogP contribution in [0.4, 0.5) is 16.3 Å². The molecule has 1 aliphatic rings. The van der Waals surface area contributed by atoms with Crippen molar-refractivity contribution in [2.45, 2.75) is 25.9 Å². The van der Waals surface area contributed by atoms with Crippen molar-refractivity contribution in [3.05, 3.63) is 36.3 Å². The second-order valence-electron chi connectivity index (χ2n) is 5.61. The summed E-state index contributed by atoms with van der Waals surface area (Å²) < 4.78 is 1.45. The molecule has 2 aromatic rings. The Labute approximate surface area is 140 Å². The van der Waals surface area contributed by atoms with Gasteiger partial charge in [0.2, 0.25) is 0 Å². The molecule has 1 fully saturated rings. The summed E-state index contributed by atoms with van der Waals surface area (Å²) in [4.78, 5) is 18.6. The van der Waals surface area contributed by atoms with Gasteiger partial charge in [-0.25, -0.2) is 9.78 Å². The van der Waals surface area contributed by atoms with Crippen molar-refractivity contribution in [2.75, 3.05) is 23.3 Å². The molecule has 124 valence electrons. The normalized spacial score (nSPS) is 13.5. The van der Waals surface area contributed by atoms with Gasteiger partial charge in [-0.05, 0) is 24.5 Å². The van der Waals surface area contributed by atoms with Crippen molar-refractivity contribution in [1.82, 2.24) is 20.1 Å². The lowest BCUT2D eigenvalue weighted by Gasteiger charge is -2.16. The molecule has 0 bridgehead atoms. The first-order chi connectivity index (χ1) is 11.7. The molecule has 8 nitrogen and oxygen atoms in total. The lowest BCUT2D eigenvalue weighted by atomic mass is 10.3. The standard InChI is InChI=1S/C16H19N7O/c17-5-8-23-12-14(11-20-23)21-16(24)19-10-13-3-4-15(18-9-13)22-6-1-2-7-22/h3-4,9,11-12H,1-2,6-8,10H2,(H2,19,21,24). The minimum Gasteiger partial charge on any atom is -0.357 e. The SMILES string of the molecule is N#CCn1cc(NC(=O)NCc2ccc(N3CCCC3)nc2)cn1. The fraction of sp³-hybridized carbons (Fsp3) is 0.375. The summed E-state index contributed by atoms with van der Waals surface area (Å²) in [6.45, 7) is 2.67. The number of hydrogen-bond acceptors (Lipinski definition) is 5. The van der Waals surface area contributed by atoms with Gasteiger partial charge in [-0.3, -0.25) is 4.68 Å². The third-order valence-corrected chi connectivity index (χ3v) is 3.82. The predicted molar refractivity (Wildman–Crippen MR) is 89.4 cm³/mol. The predicted octanol–water partition coefficient (Wildman–Crippen LogP) is 1.72. The number of carbonyl (C=O) groups excluding carboxylic acids is 1. The van der Waals surface area contributed by atoms with Gasteiger partial charge in [0.15, 0.2) is 0 Å². The number of nitriles is 1. The number of amides is 2. The number of pyridine rings is 1. The van der Waals surface area contributed by atoms with E-state index in [9.17, 15) is 4.79 Å². The molecular weight excluding hydrogens is 306 g/mol. The Morgan fingerprint density at radius 1 is 1.29 bits per heavy atom. The van der Waals surface area contributed by atoms with Crippen LogP contribution in [0.15, 0.2) is 30.7 Å². The van der Waals surface area contributed by atoms with E-state index in [1.807, 2.05) is 18.2 Å². The maximum absolute atomic E-state index is 11.9. The van der Waals surface area contributed by atoms with Gasteiger partial charge < -0.3 is 15.5 Å². The van der Waals surface area contributed by atoms with Crippen molar-refractivity contribution < 1.29 is 4.79 Å². The maximum atomic E-state index is 11.9. The Kier molecular flexibility index (Phi) is 4.91. The van der Waals surface area contributed by atoms with Gasteiger partial charge in [-0.2, -0.15) is 10.4 Å². The van der Waals surface area contributed by atoms with Crippen LogP contribution in [0.3, 0.4) is 0 Å². The van der Waals surface area contributed by atoms with Gasteiger partial charge in [-0.15, -0.1) is 0 Å². The molecule has 1 aliphatic heterocycles. The number of anilines is 2. The van der Waals surface area contributed by atoms with Crippen LogP contribution in [-0.4, -0.2) is 33.9 Å². The summed E-state index contributed by atoms with van der Waals surface area (Å²) in [7, 11) is 0. The second kappa shape index (κ2) is 7.46. The Morgan fingerprint density at radius 2 is 2.12 bits per heavy atom. The quantitative estimate of drug-likeness (QED) is 0.872. The zero-order valence-electron chi connectivity index (χ0n) is 13.3. The highest BCUT2D eigenvalue weighted by Gasteiger charge is 2.13. The fourth-order valence-corrected chi connectivity index (χ4v) is 2.60. The highest BCUT2D eigenvalue weighted by Crippen LogP contribution is 2.17. The summed E-state index contributed by atoms with van der Waals surface area (Å²) in [6, 6.07) is 5.63. The van der Waals surface area contributed by atoms with E-state index in [0.29, 0.717) is 12.2 Å². The van der Waals surface area contributed by atoms with E-state index in [1.54, 1.807) is 12.4 Å². The first kappa shape index (κ1) is 15.8. The molecule has 8 heteroatoms. The number of aromatic nitrogens is 3. The van der Waals surface area contributed by atoms with Crippen LogP contribution >= 0.6 is 0 Å². The van der Waals surface area contributed by atoms with Crippen molar-refractivity contribution in [3.63, 3.8) is 0 Å². The van der Waals surface area contributed by atoms with Gasteiger partial charge in [0.25, 0.3) is 0 Å². The molecule has 0 atom stereocenters. The highest BCUT2D eigenvalue weighted by atomic mass is 16.2. The summed E-state index contributed by atoms with van der Waals surface area (Å²) in [6.07, 6.45) is 7.34. The lowest BCUT2D eigenvalue weighted by molar-refractivity contribution is 0.251. The van der Waals surface area contributed by atoms with Crippen molar-refractivity contribution in [1.29, 1.82) is 5.26 Å². The van der Waals surface area contributed by atoms with Gasteiger partial charge >= 0.3 is 6.03 Å². The minimum atomic E-state index is -0.324. The number of nitrogens with zero attached hydrogens (tertiary/aromatic N) is 5. The molecule has 0 aliphatic carbocycles. The zero-order valence-corrected chi connectivity index (χ0v) is 13.3. The first-order valence-corrected chi connectivity index (χ1v) is 7.89. The van der Waals surface area contributed by atoms with Crippen molar-refractivity contribution in [2.24, 2.45) is 0 Å². The summed E-state index contributed by atoms with van der Waals surface area (Å²) in [5.41, 5.74) is 1.48. The van der Waals surface area contributed by atoms with Gasteiger partial charge in [0.05, 0.1) is 18.0 Å². The van der Waals surface area contributed by atoms with Crippen molar-refractivity contribution in [3.8, 4) is 6.07 Å². The van der Waals surface area contributed by atoms with Gasteiger partial charge in [-0.1, -0.05) is 6.07 Å². The molecule has 0 saturated carbocycles. The van der Waals surface area contributed by atoms with E-state index in [-0.39, 0.29) is 12.6 Å². The number of urea groups is 1. The zero-order chi connectivity index (χ0) is 16.8. The van der Waals surface area contributed by atoms with Crippen LogP contribution in [0.1, 0.15) is 18.4 Å². The number of carbonyl (C=O) groups is 1. The van der Waals surface area contributed by atoms with E-state index in [0.717, 1.165) is 24.5 Å². The minimum absolute atomic E-state index is 0.151. The molecule has 0 radical (unpaired) electrons.